The van der Waals surface area contributed by atoms with Gasteiger partial charge < -0.3 is 13.9 Å². The first-order valence-electron chi connectivity index (χ1n) is 9.65. The molecule has 33 heavy (non-hydrogen) atoms. The molecule has 2 heterocycles. The Kier molecular flexibility index (Phi) is 6.68. The van der Waals surface area contributed by atoms with Gasteiger partial charge in [-0.1, -0.05) is 42.1 Å². The molecule has 2 aromatic carbocycles. The Morgan fingerprint density at radius 1 is 1.21 bits per heavy atom. The summed E-state index contributed by atoms with van der Waals surface area (Å²) in [6, 6.07) is 14.3. The number of hydrogen-bond acceptors (Lipinski definition) is 8. The van der Waals surface area contributed by atoms with E-state index in [2.05, 4.69) is 20.0 Å². The number of alkyl halides is 2. The third-order valence-corrected chi connectivity index (χ3v) is 5.28. The fourth-order valence-electron chi connectivity index (χ4n) is 3.11. The van der Waals surface area contributed by atoms with Gasteiger partial charge in [0.25, 0.3) is 6.43 Å². The fraction of sp³-hybridized carbons (Fsp3) is 0.182. The van der Waals surface area contributed by atoms with Gasteiger partial charge in [0.15, 0.2) is 0 Å². The number of carbonyl (C=O) groups is 1. The number of halogens is 2. The number of carbonyl (C=O) groups excluding carboxylic acids is 1. The Morgan fingerprint density at radius 3 is 2.79 bits per heavy atom. The summed E-state index contributed by atoms with van der Waals surface area (Å²) < 4.78 is 43.7. The average Bonchev–Trinajstić information content (AvgIpc) is 3.48. The zero-order valence-electron chi connectivity index (χ0n) is 17.6. The van der Waals surface area contributed by atoms with Gasteiger partial charge >= 0.3 is 5.97 Å². The molecule has 0 aliphatic heterocycles. The highest BCUT2D eigenvalue weighted by Crippen LogP contribution is 2.28. The summed E-state index contributed by atoms with van der Waals surface area (Å²) in [5.74, 6) is -0.216. The average molecular weight is 472 g/mol. The molecule has 0 aliphatic carbocycles. The molecule has 0 aliphatic rings. The molecule has 0 saturated heterocycles. The van der Waals surface area contributed by atoms with Crippen LogP contribution in [0, 0.1) is 0 Å². The van der Waals surface area contributed by atoms with Crippen molar-refractivity contribution >= 4 is 34.7 Å². The third-order valence-electron chi connectivity index (χ3n) is 4.67. The van der Waals surface area contributed by atoms with Crippen LogP contribution in [-0.2, 0) is 11.3 Å². The van der Waals surface area contributed by atoms with E-state index in [1.54, 1.807) is 18.4 Å². The highest BCUT2D eigenvalue weighted by atomic mass is 32.2. The summed E-state index contributed by atoms with van der Waals surface area (Å²) in [6.07, 6.45) is 0.306. The van der Waals surface area contributed by atoms with Crippen LogP contribution in [0.1, 0.15) is 34.1 Å². The number of methoxy groups -OCH3 is 1. The number of rotatable bonds is 8. The van der Waals surface area contributed by atoms with Crippen molar-refractivity contribution in [3.63, 3.8) is 0 Å². The predicted molar refractivity (Wildman–Crippen MR) is 118 cm³/mol. The first kappa shape index (κ1) is 22.5. The minimum atomic E-state index is -2.83. The largest absolute Gasteiger partial charge is 0.485 e. The second-order valence-electron chi connectivity index (χ2n) is 6.65. The number of benzene rings is 2. The molecule has 4 rings (SSSR count). The van der Waals surface area contributed by atoms with E-state index in [0.717, 1.165) is 27.2 Å². The van der Waals surface area contributed by atoms with Crippen molar-refractivity contribution in [2.75, 3.05) is 13.4 Å². The Balaban J connectivity index is 1.69. The van der Waals surface area contributed by atoms with Crippen LogP contribution >= 0.6 is 11.8 Å². The van der Waals surface area contributed by atoms with Gasteiger partial charge in [-0.05, 0) is 35.2 Å². The van der Waals surface area contributed by atoms with Crippen LogP contribution in [0.4, 0.5) is 8.78 Å². The van der Waals surface area contributed by atoms with E-state index in [1.165, 1.54) is 19.4 Å². The van der Waals surface area contributed by atoms with Crippen LogP contribution in [0.2, 0.25) is 0 Å². The summed E-state index contributed by atoms with van der Waals surface area (Å²) in [7, 11) is 1.26. The molecule has 4 aromatic rings. The van der Waals surface area contributed by atoms with E-state index in [0.29, 0.717) is 17.1 Å². The number of esters is 1. The maximum absolute atomic E-state index is 13.4. The highest BCUT2D eigenvalue weighted by molar-refractivity contribution is 7.98. The van der Waals surface area contributed by atoms with Gasteiger partial charge in [0.05, 0.1) is 13.3 Å². The smallest absolute Gasteiger partial charge is 0.373 e. The molecule has 0 N–H and O–H groups in total. The SMILES string of the molecule is COC(=O)c1ccc(COc2ccc3ccccc3c2/C=N/n2c(SC)nnc2C(F)F)o1. The van der Waals surface area contributed by atoms with E-state index >= 15 is 0 Å². The Bertz CT molecular complexity index is 1320. The molecule has 0 spiro atoms. The number of ether oxygens (including phenoxy) is 2. The lowest BCUT2D eigenvalue weighted by molar-refractivity contribution is 0.0561. The molecule has 8 nitrogen and oxygen atoms in total. The topological polar surface area (TPSA) is 91.7 Å². The van der Waals surface area contributed by atoms with Gasteiger partial charge in [-0.25, -0.2) is 13.6 Å². The van der Waals surface area contributed by atoms with E-state index in [4.69, 9.17) is 9.15 Å². The molecule has 0 unspecified atom stereocenters. The number of furan rings is 1. The van der Waals surface area contributed by atoms with Crippen LogP contribution in [0.3, 0.4) is 0 Å². The van der Waals surface area contributed by atoms with Gasteiger partial charge in [0, 0.05) is 5.56 Å². The Morgan fingerprint density at radius 2 is 2.03 bits per heavy atom. The molecule has 0 atom stereocenters. The van der Waals surface area contributed by atoms with Crippen molar-refractivity contribution in [3.8, 4) is 5.75 Å². The fourth-order valence-corrected chi connectivity index (χ4v) is 3.55. The molecule has 0 fully saturated rings. The van der Waals surface area contributed by atoms with Gasteiger partial charge in [-0.2, -0.15) is 9.78 Å². The third kappa shape index (κ3) is 4.72. The first-order valence-corrected chi connectivity index (χ1v) is 10.9. The molecule has 0 bridgehead atoms. The minimum absolute atomic E-state index is 0.0289. The van der Waals surface area contributed by atoms with Gasteiger partial charge in [0.2, 0.25) is 16.7 Å². The zero-order valence-corrected chi connectivity index (χ0v) is 18.4. The van der Waals surface area contributed by atoms with Crippen LogP contribution in [0.5, 0.6) is 5.75 Å². The quantitative estimate of drug-likeness (QED) is 0.204. The number of aromatic nitrogens is 3. The summed E-state index contributed by atoms with van der Waals surface area (Å²) in [6.45, 7) is 0.0289. The lowest BCUT2D eigenvalue weighted by Crippen LogP contribution is -2.03. The van der Waals surface area contributed by atoms with Gasteiger partial charge in [-0.15, -0.1) is 10.2 Å². The Hall–Kier alpha value is -3.73. The van der Waals surface area contributed by atoms with Crippen LogP contribution < -0.4 is 4.74 Å². The first-order chi connectivity index (χ1) is 16.0. The maximum atomic E-state index is 13.4. The molecule has 0 radical (unpaired) electrons. The minimum Gasteiger partial charge on any atom is -0.485 e. The van der Waals surface area contributed by atoms with Crippen molar-refractivity contribution in [1.29, 1.82) is 0 Å². The monoisotopic (exact) mass is 472 g/mol. The molecule has 170 valence electrons. The molecular formula is C22H18F2N4O4S. The van der Waals surface area contributed by atoms with Gasteiger partial charge in [-0.3, -0.25) is 0 Å². The van der Waals surface area contributed by atoms with E-state index in [-0.39, 0.29) is 17.5 Å². The second kappa shape index (κ2) is 9.82. The van der Waals surface area contributed by atoms with Crippen molar-refractivity contribution in [2.24, 2.45) is 5.10 Å². The van der Waals surface area contributed by atoms with Crippen LogP contribution in [-0.4, -0.2) is 40.4 Å². The van der Waals surface area contributed by atoms with Crippen molar-refractivity contribution in [1.82, 2.24) is 14.9 Å². The summed E-state index contributed by atoms with van der Waals surface area (Å²) in [4.78, 5) is 11.6. The standard InChI is InChI=1S/C22H18F2N4O4S/c1-30-21(29)18-10-8-14(32-18)12-31-17-9-7-13-5-3-4-6-15(13)16(17)11-25-28-20(19(23)24)26-27-22(28)33-2/h3-11,19H,12H2,1-2H3/b25-11+. The van der Waals surface area contributed by atoms with Gasteiger partial charge in [0.1, 0.15) is 18.1 Å². The maximum Gasteiger partial charge on any atom is 0.373 e. The summed E-state index contributed by atoms with van der Waals surface area (Å²) in [5, 5.41) is 13.5. The summed E-state index contributed by atoms with van der Waals surface area (Å²) in [5.41, 5.74) is 0.578. The number of fused-ring (bicyclic) bond motifs is 1. The lowest BCUT2D eigenvalue weighted by Gasteiger charge is -2.11. The number of nitrogens with zero attached hydrogens (tertiary/aromatic N) is 4. The van der Waals surface area contributed by atoms with Crippen LogP contribution in [0.25, 0.3) is 10.8 Å². The predicted octanol–water partition coefficient (Wildman–Crippen LogP) is 4.93. The Labute approximate surface area is 191 Å². The summed E-state index contributed by atoms with van der Waals surface area (Å²) >= 11 is 1.15. The normalized spacial score (nSPS) is 11.5. The van der Waals surface area contributed by atoms with E-state index < -0.39 is 18.2 Å². The van der Waals surface area contributed by atoms with Crippen LogP contribution in [0.15, 0.2) is 63.2 Å². The van der Waals surface area contributed by atoms with Crippen molar-refractivity contribution < 1.29 is 27.5 Å². The molecule has 2 aromatic heterocycles. The number of hydrogen-bond donors (Lipinski definition) is 0. The number of thioether (sulfide) groups is 1. The molecule has 0 saturated carbocycles. The molecular weight excluding hydrogens is 454 g/mol. The van der Waals surface area contributed by atoms with Crippen molar-refractivity contribution in [2.45, 2.75) is 18.2 Å². The van der Waals surface area contributed by atoms with Crippen molar-refractivity contribution in [3.05, 3.63) is 71.4 Å². The van der Waals surface area contributed by atoms with E-state index in [9.17, 15) is 13.6 Å². The highest BCUT2D eigenvalue weighted by Gasteiger charge is 2.20. The van der Waals surface area contributed by atoms with E-state index in [1.807, 2.05) is 30.3 Å². The molecule has 0 amide bonds. The lowest BCUT2D eigenvalue weighted by atomic mass is 10.0. The zero-order chi connectivity index (χ0) is 23.4. The second-order valence-corrected chi connectivity index (χ2v) is 7.42. The molecule has 11 heteroatoms.